The number of fused-ring (bicyclic) bond motifs is 1. The van der Waals surface area contributed by atoms with E-state index >= 15 is 0 Å². The minimum Gasteiger partial charge on any atom is -0.363 e. The molecule has 2 nitrogen and oxygen atoms in total. The van der Waals surface area contributed by atoms with Crippen molar-refractivity contribution in [2.45, 2.75) is 26.1 Å². The van der Waals surface area contributed by atoms with Gasteiger partial charge >= 0.3 is 0 Å². The third-order valence-electron chi connectivity index (χ3n) is 3.68. The molecule has 2 aromatic carbocycles. The molecule has 1 heterocycles. The smallest absolute Gasteiger partial charge is 0.0474 e. The van der Waals surface area contributed by atoms with Gasteiger partial charge in [-0.3, -0.25) is 0 Å². The normalized spacial score (nSPS) is 15.4. The molecule has 19 heavy (non-hydrogen) atoms. The van der Waals surface area contributed by atoms with E-state index in [0.717, 1.165) is 29.4 Å². The third kappa shape index (κ3) is 2.34. The first-order valence-electron chi connectivity index (χ1n) is 6.52. The van der Waals surface area contributed by atoms with Gasteiger partial charge in [-0.25, -0.2) is 0 Å². The van der Waals surface area contributed by atoms with E-state index in [0.29, 0.717) is 0 Å². The second-order valence-corrected chi connectivity index (χ2v) is 5.53. The number of anilines is 1. The van der Waals surface area contributed by atoms with E-state index in [1.54, 1.807) is 0 Å². The predicted octanol–water partition coefficient (Wildman–Crippen LogP) is 3.88. The van der Waals surface area contributed by atoms with Crippen LogP contribution in [-0.2, 0) is 13.1 Å². The maximum atomic E-state index is 6.31. The van der Waals surface area contributed by atoms with E-state index in [1.807, 2.05) is 19.1 Å². The molecule has 0 fully saturated rings. The number of nitrogens with two attached hydrogens (primary N) is 1. The van der Waals surface area contributed by atoms with E-state index in [4.69, 9.17) is 17.3 Å². The summed E-state index contributed by atoms with van der Waals surface area (Å²) in [6.07, 6.45) is 0. The van der Waals surface area contributed by atoms with Crippen LogP contribution >= 0.6 is 11.6 Å². The highest BCUT2D eigenvalue weighted by Crippen LogP contribution is 2.32. The van der Waals surface area contributed by atoms with Crippen LogP contribution in [0.4, 0.5) is 5.69 Å². The molecule has 1 unspecified atom stereocenters. The average molecular weight is 273 g/mol. The highest BCUT2D eigenvalue weighted by atomic mass is 35.5. The fourth-order valence-electron chi connectivity index (χ4n) is 2.60. The summed E-state index contributed by atoms with van der Waals surface area (Å²) in [6.45, 7) is 3.85. The highest BCUT2D eigenvalue weighted by Gasteiger charge is 2.19. The number of halogens is 1. The van der Waals surface area contributed by atoms with E-state index in [1.165, 1.54) is 11.1 Å². The van der Waals surface area contributed by atoms with Gasteiger partial charge < -0.3 is 10.6 Å². The molecule has 0 radical (unpaired) electrons. The summed E-state index contributed by atoms with van der Waals surface area (Å²) in [7, 11) is 0. The molecule has 2 aromatic rings. The maximum Gasteiger partial charge on any atom is 0.0474 e. The van der Waals surface area contributed by atoms with Crippen LogP contribution in [0, 0.1) is 0 Å². The lowest BCUT2D eigenvalue weighted by Crippen LogP contribution is -2.15. The Hall–Kier alpha value is -1.51. The molecular formula is C16H17ClN2. The quantitative estimate of drug-likeness (QED) is 0.899. The van der Waals surface area contributed by atoms with Gasteiger partial charge in [-0.2, -0.15) is 0 Å². The van der Waals surface area contributed by atoms with Crippen molar-refractivity contribution in [3.63, 3.8) is 0 Å². The molecule has 98 valence electrons. The van der Waals surface area contributed by atoms with Crippen LogP contribution in [0.25, 0.3) is 0 Å². The van der Waals surface area contributed by atoms with E-state index in [9.17, 15) is 0 Å². The summed E-state index contributed by atoms with van der Waals surface area (Å²) in [5.41, 5.74) is 10.8. The predicted molar refractivity (Wildman–Crippen MR) is 80.4 cm³/mol. The van der Waals surface area contributed by atoms with Crippen molar-refractivity contribution in [2.75, 3.05) is 4.90 Å². The Kier molecular flexibility index (Phi) is 3.21. The molecule has 0 spiro atoms. The van der Waals surface area contributed by atoms with Crippen molar-refractivity contribution in [1.82, 2.24) is 0 Å². The molecule has 0 aromatic heterocycles. The van der Waals surface area contributed by atoms with Crippen molar-refractivity contribution < 1.29 is 0 Å². The molecule has 2 N–H and O–H groups in total. The lowest BCUT2D eigenvalue weighted by molar-refractivity contribution is 0.816. The van der Waals surface area contributed by atoms with Crippen LogP contribution in [0.3, 0.4) is 0 Å². The summed E-state index contributed by atoms with van der Waals surface area (Å²) < 4.78 is 0. The van der Waals surface area contributed by atoms with Gasteiger partial charge in [-0.05, 0) is 35.7 Å². The van der Waals surface area contributed by atoms with Crippen LogP contribution in [0.1, 0.15) is 29.7 Å². The molecule has 0 saturated carbocycles. The first-order chi connectivity index (χ1) is 9.15. The molecule has 0 bridgehead atoms. The van der Waals surface area contributed by atoms with Crippen LogP contribution in [0.15, 0.2) is 42.5 Å². The van der Waals surface area contributed by atoms with Gasteiger partial charge in [0.2, 0.25) is 0 Å². The number of rotatable bonds is 2. The molecule has 3 heteroatoms. The lowest BCUT2D eigenvalue weighted by atomic mass is 10.1. The van der Waals surface area contributed by atoms with Crippen molar-refractivity contribution >= 4 is 17.3 Å². The Morgan fingerprint density at radius 2 is 1.74 bits per heavy atom. The molecular weight excluding hydrogens is 256 g/mol. The molecule has 1 aliphatic rings. The van der Waals surface area contributed by atoms with Crippen molar-refractivity contribution in [1.29, 1.82) is 0 Å². The zero-order valence-corrected chi connectivity index (χ0v) is 11.7. The van der Waals surface area contributed by atoms with Gasteiger partial charge in [0.25, 0.3) is 0 Å². The minimum atomic E-state index is -0.0303. The second kappa shape index (κ2) is 4.87. The largest absolute Gasteiger partial charge is 0.363 e. The van der Waals surface area contributed by atoms with Gasteiger partial charge in [-0.1, -0.05) is 41.9 Å². The highest BCUT2D eigenvalue weighted by molar-refractivity contribution is 6.31. The number of hydrogen-bond acceptors (Lipinski definition) is 2. The van der Waals surface area contributed by atoms with E-state index in [2.05, 4.69) is 35.2 Å². The average Bonchev–Trinajstić information content (AvgIpc) is 2.81. The van der Waals surface area contributed by atoms with E-state index in [-0.39, 0.29) is 6.04 Å². The first kappa shape index (κ1) is 12.5. The van der Waals surface area contributed by atoms with Crippen molar-refractivity contribution in [2.24, 2.45) is 5.73 Å². The molecule has 1 aliphatic heterocycles. The molecule has 0 aliphatic carbocycles. The van der Waals surface area contributed by atoms with Crippen LogP contribution in [-0.4, -0.2) is 0 Å². The Labute approximate surface area is 118 Å². The standard InChI is InChI=1S/C16H17ClN2/c1-11(18)15-7-6-14(8-16(15)17)19-9-12-4-2-3-5-13(12)10-19/h2-8,11H,9-10,18H2,1H3. The van der Waals surface area contributed by atoms with Gasteiger partial charge in [-0.15, -0.1) is 0 Å². The Morgan fingerprint density at radius 3 is 2.26 bits per heavy atom. The summed E-state index contributed by atoms with van der Waals surface area (Å²) >= 11 is 6.31. The monoisotopic (exact) mass is 272 g/mol. The van der Waals surface area contributed by atoms with Gasteiger partial charge in [0.05, 0.1) is 0 Å². The van der Waals surface area contributed by atoms with Crippen LogP contribution in [0.5, 0.6) is 0 Å². The Morgan fingerprint density at radius 1 is 1.11 bits per heavy atom. The fourth-order valence-corrected chi connectivity index (χ4v) is 2.94. The Bertz CT molecular complexity index is 582. The van der Waals surface area contributed by atoms with Gasteiger partial charge in [0.1, 0.15) is 0 Å². The zero-order valence-electron chi connectivity index (χ0n) is 10.9. The second-order valence-electron chi connectivity index (χ2n) is 5.12. The minimum absolute atomic E-state index is 0.0303. The SMILES string of the molecule is CC(N)c1ccc(N2Cc3ccccc3C2)cc1Cl. The fraction of sp³-hybridized carbons (Fsp3) is 0.250. The molecule has 1 atom stereocenters. The van der Waals surface area contributed by atoms with Crippen molar-refractivity contribution in [3.8, 4) is 0 Å². The summed E-state index contributed by atoms with van der Waals surface area (Å²) in [5, 5.41) is 0.753. The molecule has 0 saturated heterocycles. The van der Waals surface area contributed by atoms with Crippen molar-refractivity contribution in [3.05, 3.63) is 64.2 Å². The third-order valence-corrected chi connectivity index (χ3v) is 4.01. The number of hydrogen-bond donors (Lipinski definition) is 1. The van der Waals surface area contributed by atoms with Crippen LogP contribution in [0.2, 0.25) is 5.02 Å². The topological polar surface area (TPSA) is 29.3 Å². The number of benzene rings is 2. The zero-order chi connectivity index (χ0) is 13.4. The number of nitrogens with zero attached hydrogens (tertiary/aromatic N) is 1. The molecule has 3 rings (SSSR count). The summed E-state index contributed by atoms with van der Waals surface area (Å²) in [5.74, 6) is 0. The summed E-state index contributed by atoms with van der Waals surface area (Å²) in [4.78, 5) is 2.33. The van der Waals surface area contributed by atoms with Crippen LogP contribution < -0.4 is 10.6 Å². The summed E-state index contributed by atoms with van der Waals surface area (Å²) in [6, 6.07) is 14.7. The van der Waals surface area contributed by atoms with Gasteiger partial charge in [0.15, 0.2) is 0 Å². The first-order valence-corrected chi connectivity index (χ1v) is 6.89. The van der Waals surface area contributed by atoms with E-state index < -0.39 is 0 Å². The van der Waals surface area contributed by atoms with Gasteiger partial charge in [0, 0.05) is 29.8 Å². The maximum absolute atomic E-state index is 6.31. The lowest BCUT2D eigenvalue weighted by Gasteiger charge is -2.19. The Balaban J connectivity index is 1.88. The molecule has 0 amide bonds.